The van der Waals surface area contributed by atoms with Crippen molar-refractivity contribution >= 4 is 29.1 Å². The minimum absolute atomic E-state index is 0.109. The van der Waals surface area contributed by atoms with Crippen LogP contribution in [0.5, 0.6) is 0 Å². The van der Waals surface area contributed by atoms with Crippen molar-refractivity contribution in [1.82, 2.24) is 10.3 Å². The van der Waals surface area contributed by atoms with Crippen LogP contribution in [0.3, 0.4) is 0 Å². The van der Waals surface area contributed by atoms with Crippen LogP contribution in [-0.2, 0) is 9.53 Å². The van der Waals surface area contributed by atoms with E-state index in [9.17, 15) is 4.79 Å². The Labute approximate surface area is 122 Å². The summed E-state index contributed by atoms with van der Waals surface area (Å²) in [7, 11) is 1.85. The molecule has 1 N–H and O–H groups in total. The number of nitrogens with zero attached hydrogens (tertiary/aromatic N) is 1. The number of hydrogen-bond donors (Lipinski definition) is 1. The maximum absolute atomic E-state index is 12.2. The fourth-order valence-corrected chi connectivity index (χ4v) is 4.74. The predicted octanol–water partition coefficient (Wildman–Crippen LogP) is 2.70. The zero-order chi connectivity index (χ0) is 13.7. The molecule has 0 aromatic carbocycles. The van der Waals surface area contributed by atoms with E-state index in [1.54, 1.807) is 23.1 Å². The monoisotopic (exact) mass is 300 g/mol. The van der Waals surface area contributed by atoms with E-state index in [2.05, 4.69) is 10.3 Å². The standard InChI is InChI=1S/C13H20N2O2S2/c1-3-17-11(16)13(14-2)6-4-5-10(9-13)19-12-15-7-8-18-12/h7-8,10,14H,3-6,9H2,1-2H3. The fraction of sp³-hybridized carbons (Fsp3) is 0.692. The molecule has 4 nitrogen and oxygen atoms in total. The molecule has 2 rings (SSSR count). The van der Waals surface area contributed by atoms with Gasteiger partial charge in [0.15, 0.2) is 0 Å². The van der Waals surface area contributed by atoms with Crippen LogP contribution in [0.1, 0.15) is 32.6 Å². The van der Waals surface area contributed by atoms with Crippen LogP contribution in [0, 0.1) is 0 Å². The first-order chi connectivity index (χ1) is 9.20. The zero-order valence-corrected chi connectivity index (χ0v) is 13.0. The molecule has 1 fully saturated rings. The van der Waals surface area contributed by atoms with Crippen molar-refractivity contribution in [3.05, 3.63) is 11.6 Å². The maximum Gasteiger partial charge on any atom is 0.326 e. The highest BCUT2D eigenvalue weighted by Crippen LogP contribution is 2.39. The SMILES string of the molecule is CCOC(=O)C1(NC)CCCC(Sc2nccs2)C1. The summed E-state index contributed by atoms with van der Waals surface area (Å²) < 4.78 is 6.32. The summed E-state index contributed by atoms with van der Waals surface area (Å²) in [6.07, 6.45) is 5.67. The van der Waals surface area contributed by atoms with Crippen molar-refractivity contribution in [3.63, 3.8) is 0 Å². The second-order valence-corrected chi connectivity index (χ2v) is 7.13. The summed E-state index contributed by atoms with van der Waals surface area (Å²) in [5.74, 6) is -0.109. The Bertz CT molecular complexity index is 411. The molecule has 0 spiro atoms. The lowest BCUT2D eigenvalue weighted by atomic mass is 9.81. The second kappa shape index (κ2) is 6.72. The van der Waals surface area contributed by atoms with Gasteiger partial charge in [-0.05, 0) is 39.7 Å². The highest BCUT2D eigenvalue weighted by atomic mass is 32.2. The van der Waals surface area contributed by atoms with Crippen LogP contribution in [0.25, 0.3) is 0 Å². The summed E-state index contributed by atoms with van der Waals surface area (Å²) in [5.41, 5.74) is -0.511. The van der Waals surface area contributed by atoms with Crippen LogP contribution in [0.4, 0.5) is 0 Å². The van der Waals surface area contributed by atoms with Crippen LogP contribution in [0.15, 0.2) is 15.9 Å². The number of nitrogens with one attached hydrogen (secondary N) is 1. The van der Waals surface area contributed by atoms with Gasteiger partial charge in [0.25, 0.3) is 0 Å². The van der Waals surface area contributed by atoms with Crippen molar-refractivity contribution in [2.24, 2.45) is 0 Å². The summed E-state index contributed by atoms with van der Waals surface area (Å²) in [6, 6.07) is 0. The summed E-state index contributed by atoms with van der Waals surface area (Å²) >= 11 is 3.44. The number of aromatic nitrogens is 1. The normalized spacial score (nSPS) is 27.2. The van der Waals surface area contributed by atoms with E-state index in [0.29, 0.717) is 11.9 Å². The average Bonchev–Trinajstić information content (AvgIpc) is 2.92. The third kappa shape index (κ3) is 3.49. The lowest BCUT2D eigenvalue weighted by Crippen LogP contribution is -2.54. The minimum atomic E-state index is -0.511. The van der Waals surface area contributed by atoms with E-state index in [0.717, 1.165) is 30.0 Å². The highest BCUT2D eigenvalue weighted by Gasteiger charge is 2.43. The molecule has 0 radical (unpaired) electrons. The zero-order valence-electron chi connectivity index (χ0n) is 11.3. The fourth-order valence-electron chi connectivity index (χ4n) is 2.52. The molecule has 106 valence electrons. The number of carbonyl (C=O) groups is 1. The van der Waals surface area contributed by atoms with Crippen LogP contribution < -0.4 is 5.32 Å². The average molecular weight is 300 g/mol. The molecular formula is C13H20N2O2S2. The number of rotatable bonds is 5. The predicted molar refractivity (Wildman–Crippen MR) is 78.7 cm³/mol. The van der Waals surface area contributed by atoms with Gasteiger partial charge in [-0.15, -0.1) is 11.3 Å². The first-order valence-electron chi connectivity index (χ1n) is 6.62. The van der Waals surface area contributed by atoms with Crippen molar-refractivity contribution in [3.8, 4) is 0 Å². The molecule has 0 bridgehead atoms. The van der Waals surface area contributed by atoms with Gasteiger partial charge in [-0.2, -0.15) is 0 Å². The van der Waals surface area contributed by atoms with E-state index >= 15 is 0 Å². The van der Waals surface area contributed by atoms with Gasteiger partial charge >= 0.3 is 5.97 Å². The Hall–Kier alpha value is -0.590. The van der Waals surface area contributed by atoms with Gasteiger partial charge in [-0.3, -0.25) is 4.79 Å². The van der Waals surface area contributed by atoms with E-state index in [1.165, 1.54) is 0 Å². The Morgan fingerprint density at radius 3 is 3.21 bits per heavy atom. The van der Waals surface area contributed by atoms with Crippen LogP contribution >= 0.6 is 23.1 Å². The quantitative estimate of drug-likeness (QED) is 0.847. The Morgan fingerprint density at radius 2 is 2.58 bits per heavy atom. The molecule has 0 amide bonds. The number of hydrogen-bond acceptors (Lipinski definition) is 6. The van der Waals surface area contributed by atoms with Gasteiger partial charge in [-0.25, -0.2) is 4.98 Å². The maximum atomic E-state index is 12.2. The van der Waals surface area contributed by atoms with Gasteiger partial charge in [0.1, 0.15) is 9.88 Å². The van der Waals surface area contributed by atoms with Gasteiger partial charge in [-0.1, -0.05) is 11.8 Å². The Morgan fingerprint density at radius 1 is 1.74 bits per heavy atom. The lowest BCUT2D eigenvalue weighted by Gasteiger charge is -2.38. The van der Waals surface area contributed by atoms with Gasteiger partial charge in [0, 0.05) is 16.8 Å². The van der Waals surface area contributed by atoms with E-state index in [4.69, 9.17) is 4.74 Å². The lowest BCUT2D eigenvalue weighted by molar-refractivity contribution is -0.152. The van der Waals surface area contributed by atoms with Crippen molar-refractivity contribution in [2.45, 2.75) is 47.7 Å². The molecule has 2 atom stereocenters. The first kappa shape index (κ1) is 14.8. The van der Waals surface area contributed by atoms with Crippen molar-refractivity contribution < 1.29 is 9.53 Å². The van der Waals surface area contributed by atoms with E-state index in [1.807, 2.05) is 25.5 Å². The number of esters is 1. The van der Waals surface area contributed by atoms with Gasteiger partial charge in [0.2, 0.25) is 0 Å². The summed E-state index contributed by atoms with van der Waals surface area (Å²) in [5, 5.41) is 5.62. The summed E-state index contributed by atoms with van der Waals surface area (Å²) in [4.78, 5) is 16.5. The number of ether oxygens (including phenoxy) is 1. The number of thiazole rings is 1. The number of carbonyl (C=O) groups excluding carboxylic acids is 1. The Kier molecular flexibility index (Phi) is 5.24. The highest BCUT2D eigenvalue weighted by molar-refractivity contribution is 8.01. The third-order valence-electron chi connectivity index (χ3n) is 3.53. The molecule has 6 heteroatoms. The number of thioether (sulfide) groups is 1. The number of likely N-dealkylation sites (N-methyl/N-ethyl adjacent to an activating group) is 1. The molecule has 2 unspecified atom stereocenters. The Balaban J connectivity index is 2.03. The molecule has 1 aliphatic carbocycles. The molecule has 1 aliphatic rings. The van der Waals surface area contributed by atoms with Crippen molar-refractivity contribution in [2.75, 3.05) is 13.7 Å². The molecule has 0 saturated heterocycles. The molecule has 0 aliphatic heterocycles. The molecular weight excluding hydrogens is 280 g/mol. The molecule has 1 aromatic rings. The largest absolute Gasteiger partial charge is 0.465 e. The molecule has 1 saturated carbocycles. The van der Waals surface area contributed by atoms with Crippen LogP contribution in [-0.4, -0.2) is 35.4 Å². The molecule has 1 aromatic heterocycles. The second-order valence-electron chi connectivity index (χ2n) is 4.69. The third-order valence-corrected chi connectivity index (χ3v) is 5.71. The van der Waals surface area contributed by atoms with Gasteiger partial charge < -0.3 is 10.1 Å². The van der Waals surface area contributed by atoms with Crippen molar-refractivity contribution in [1.29, 1.82) is 0 Å². The smallest absolute Gasteiger partial charge is 0.326 e. The topological polar surface area (TPSA) is 51.2 Å². The van der Waals surface area contributed by atoms with Gasteiger partial charge in [0.05, 0.1) is 6.61 Å². The summed E-state index contributed by atoms with van der Waals surface area (Å²) in [6.45, 7) is 2.29. The van der Waals surface area contributed by atoms with E-state index in [-0.39, 0.29) is 5.97 Å². The van der Waals surface area contributed by atoms with Crippen LogP contribution in [0.2, 0.25) is 0 Å². The molecule has 19 heavy (non-hydrogen) atoms. The molecule has 1 heterocycles. The minimum Gasteiger partial charge on any atom is -0.465 e. The first-order valence-corrected chi connectivity index (χ1v) is 8.38. The van der Waals surface area contributed by atoms with E-state index < -0.39 is 5.54 Å².